The Labute approximate surface area is 153 Å². The first-order valence-electron chi connectivity index (χ1n) is 8.28. The molecule has 0 N–H and O–H groups in total. The van der Waals surface area contributed by atoms with E-state index in [1.165, 1.54) is 0 Å². The molecule has 0 saturated carbocycles. The van der Waals surface area contributed by atoms with Gasteiger partial charge in [-0.05, 0) is 54.8 Å². The quantitative estimate of drug-likeness (QED) is 0.815. The zero-order valence-corrected chi connectivity index (χ0v) is 15.6. The Balaban J connectivity index is 2.02. The van der Waals surface area contributed by atoms with Crippen LogP contribution in [-0.4, -0.2) is 31.9 Å². The van der Waals surface area contributed by atoms with Crippen molar-refractivity contribution in [2.24, 2.45) is 0 Å². The third kappa shape index (κ3) is 4.05. The minimum absolute atomic E-state index is 0.00266. The standard InChI is InChI=1S/C19H20ClNO3S/c1-2-14-4-3-5-17(12-14)21(18-10-11-25(23,24)13-18)19(22)15-6-8-16(20)9-7-15/h3-9,12,18H,2,10-11,13H2,1H3. The van der Waals surface area contributed by atoms with Gasteiger partial charge in [-0.15, -0.1) is 0 Å². The fraction of sp³-hybridized carbons (Fsp3) is 0.316. The molecule has 1 heterocycles. The number of carbonyl (C=O) groups is 1. The molecule has 4 nitrogen and oxygen atoms in total. The Bertz CT molecular complexity index is 878. The first-order valence-corrected chi connectivity index (χ1v) is 10.5. The van der Waals surface area contributed by atoms with Gasteiger partial charge in [-0.25, -0.2) is 8.42 Å². The molecule has 2 aromatic carbocycles. The largest absolute Gasteiger partial charge is 0.304 e. The second-order valence-electron chi connectivity index (χ2n) is 6.26. The maximum Gasteiger partial charge on any atom is 0.258 e. The highest BCUT2D eigenvalue weighted by atomic mass is 35.5. The van der Waals surface area contributed by atoms with Crippen molar-refractivity contribution in [1.82, 2.24) is 0 Å². The van der Waals surface area contributed by atoms with E-state index in [4.69, 9.17) is 11.6 Å². The molecule has 0 aliphatic carbocycles. The molecule has 25 heavy (non-hydrogen) atoms. The lowest BCUT2D eigenvalue weighted by Crippen LogP contribution is -2.41. The third-order valence-electron chi connectivity index (χ3n) is 4.48. The minimum Gasteiger partial charge on any atom is -0.304 e. The molecule has 1 fully saturated rings. The molecular weight excluding hydrogens is 358 g/mol. The van der Waals surface area contributed by atoms with Gasteiger partial charge >= 0.3 is 0 Å². The smallest absolute Gasteiger partial charge is 0.258 e. The number of amides is 1. The van der Waals surface area contributed by atoms with Crippen LogP contribution in [-0.2, 0) is 16.3 Å². The van der Waals surface area contributed by atoms with E-state index in [0.717, 1.165) is 17.7 Å². The van der Waals surface area contributed by atoms with Gasteiger partial charge in [0.05, 0.1) is 17.5 Å². The van der Waals surface area contributed by atoms with Crippen molar-refractivity contribution in [2.75, 3.05) is 16.4 Å². The van der Waals surface area contributed by atoms with E-state index in [1.807, 2.05) is 31.2 Å². The van der Waals surface area contributed by atoms with Gasteiger partial charge in [0, 0.05) is 16.3 Å². The molecule has 1 unspecified atom stereocenters. The van der Waals surface area contributed by atoms with Crippen molar-refractivity contribution in [2.45, 2.75) is 25.8 Å². The third-order valence-corrected chi connectivity index (χ3v) is 6.48. The number of anilines is 1. The maximum absolute atomic E-state index is 13.1. The van der Waals surface area contributed by atoms with Gasteiger partial charge in [-0.3, -0.25) is 4.79 Å². The molecule has 1 aliphatic heterocycles. The maximum atomic E-state index is 13.1. The van der Waals surface area contributed by atoms with Crippen LogP contribution in [0.15, 0.2) is 48.5 Å². The Morgan fingerprint density at radius 2 is 1.92 bits per heavy atom. The van der Waals surface area contributed by atoms with E-state index in [2.05, 4.69) is 0 Å². The van der Waals surface area contributed by atoms with Crippen molar-refractivity contribution < 1.29 is 13.2 Å². The van der Waals surface area contributed by atoms with Gasteiger partial charge in [0.1, 0.15) is 0 Å². The summed E-state index contributed by atoms with van der Waals surface area (Å²) in [7, 11) is -3.10. The van der Waals surface area contributed by atoms with Crippen LogP contribution in [0.5, 0.6) is 0 Å². The lowest BCUT2D eigenvalue weighted by Gasteiger charge is -2.29. The van der Waals surface area contributed by atoms with E-state index < -0.39 is 9.84 Å². The topological polar surface area (TPSA) is 54.5 Å². The summed E-state index contributed by atoms with van der Waals surface area (Å²) in [6.45, 7) is 2.05. The molecule has 0 bridgehead atoms. The second kappa shape index (κ2) is 7.18. The highest BCUT2D eigenvalue weighted by Crippen LogP contribution is 2.27. The summed E-state index contributed by atoms with van der Waals surface area (Å²) < 4.78 is 23.9. The van der Waals surface area contributed by atoms with Crippen LogP contribution in [0.25, 0.3) is 0 Å². The summed E-state index contributed by atoms with van der Waals surface area (Å²) in [5, 5.41) is 0.555. The van der Waals surface area contributed by atoms with E-state index in [-0.39, 0.29) is 23.5 Å². The summed E-state index contributed by atoms with van der Waals surface area (Å²) >= 11 is 5.91. The van der Waals surface area contributed by atoms with Crippen molar-refractivity contribution >= 4 is 33.0 Å². The number of sulfone groups is 1. The summed E-state index contributed by atoms with van der Waals surface area (Å²) in [4.78, 5) is 14.8. The van der Waals surface area contributed by atoms with Gasteiger partial charge in [0.25, 0.3) is 5.91 Å². The minimum atomic E-state index is -3.10. The number of hydrogen-bond acceptors (Lipinski definition) is 3. The van der Waals surface area contributed by atoms with Gasteiger partial charge < -0.3 is 4.90 Å². The van der Waals surface area contributed by atoms with Crippen molar-refractivity contribution in [3.8, 4) is 0 Å². The lowest BCUT2D eigenvalue weighted by molar-refractivity contribution is 0.0979. The molecule has 1 aliphatic rings. The molecule has 0 radical (unpaired) electrons. The lowest BCUT2D eigenvalue weighted by atomic mass is 10.1. The van der Waals surface area contributed by atoms with E-state index >= 15 is 0 Å². The van der Waals surface area contributed by atoms with E-state index in [9.17, 15) is 13.2 Å². The predicted molar refractivity (Wildman–Crippen MR) is 101 cm³/mol. The fourth-order valence-electron chi connectivity index (χ4n) is 3.13. The van der Waals surface area contributed by atoms with Crippen molar-refractivity contribution in [1.29, 1.82) is 0 Å². The average Bonchev–Trinajstić information content (AvgIpc) is 2.95. The Morgan fingerprint density at radius 3 is 2.52 bits per heavy atom. The van der Waals surface area contributed by atoms with E-state index in [1.54, 1.807) is 29.2 Å². The Morgan fingerprint density at radius 1 is 1.20 bits per heavy atom. The number of hydrogen-bond donors (Lipinski definition) is 0. The van der Waals surface area contributed by atoms with Crippen LogP contribution in [0, 0.1) is 0 Å². The summed E-state index contributed by atoms with van der Waals surface area (Å²) in [5.74, 6) is -0.0786. The number of benzene rings is 2. The number of halogens is 1. The molecule has 1 amide bonds. The molecule has 0 aromatic heterocycles. The fourth-order valence-corrected chi connectivity index (χ4v) is 4.96. The molecular formula is C19H20ClNO3S. The molecule has 3 rings (SSSR count). The van der Waals surface area contributed by atoms with Crippen molar-refractivity contribution in [3.05, 3.63) is 64.7 Å². The number of aryl methyl sites for hydroxylation is 1. The van der Waals surface area contributed by atoms with Crippen molar-refractivity contribution in [3.63, 3.8) is 0 Å². The molecule has 2 aromatic rings. The average molecular weight is 378 g/mol. The van der Waals surface area contributed by atoms with Crippen LogP contribution in [0.3, 0.4) is 0 Å². The van der Waals surface area contributed by atoms with Crippen LogP contribution in [0.2, 0.25) is 5.02 Å². The Kier molecular flexibility index (Phi) is 5.16. The second-order valence-corrected chi connectivity index (χ2v) is 8.93. The normalized spacial score (nSPS) is 18.9. The van der Waals surface area contributed by atoms with Crippen LogP contribution >= 0.6 is 11.6 Å². The van der Waals surface area contributed by atoms with E-state index in [0.29, 0.717) is 17.0 Å². The van der Waals surface area contributed by atoms with Gasteiger partial charge in [0.2, 0.25) is 0 Å². The summed E-state index contributed by atoms with van der Waals surface area (Å²) in [6.07, 6.45) is 1.30. The van der Waals surface area contributed by atoms with Gasteiger partial charge in [-0.2, -0.15) is 0 Å². The Hall–Kier alpha value is -1.85. The zero-order chi connectivity index (χ0) is 18.0. The molecule has 1 saturated heterocycles. The van der Waals surface area contributed by atoms with Gasteiger partial charge in [-0.1, -0.05) is 30.7 Å². The summed E-state index contributed by atoms with van der Waals surface area (Å²) in [6, 6.07) is 14.0. The zero-order valence-electron chi connectivity index (χ0n) is 14.0. The number of nitrogens with zero attached hydrogens (tertiary/aromatic N) is 1. The first kappa shape index (κ1) is 18.0. The SMILES string of the molecule is CCc1cccc(N(C(=O)c2ccc(Cl)cc2)C2CCS(=O)(=O)C2)c1. The summed E-state index contributed by atoms with van der Waals surface area (Å²) in [5.41, 5.74) is 2.34. The number of rotatable bonds is 4. The molecule has 6 heteroatoms. The highest BCUT2D eigenvalue weighted by Gasteiger charge is 2.36. The monoisotopic (exact) mass is 377 g/mol. The molecule has 1 atom stereocenters. The van der Waals surface area contributed by atoms with Crippen LogP contribution in [0.4, 0.5) is 5.69 Å². The number of carbonyl (C=O) groups excluding carboxylic acids is 1. The van der Waals surface area contributed by atoms with Crippen LogP contribution < -0.4 is 4.90 Å². The van der Waals surface area contributed by atoms with Gasteiger partial charge in [0.15, 0.2) is 9.84 Å². The first-order chi connectivity index (χ1) is 11.9. The molecule has 132 valence electrons. The van der Waals surface area contributed by atoms with Crippen LogP contribution in [0.1, 0.15) is 29.3 Å². The molecule has 0 spiro atoms. The predicted octanol–water partition coefficient (Wildman–Crippen LogP) is 3.74. The highest BCUT2D eigenvalue weighted by molar-refractivity contribution is 7.91.